The second kappa shape index (κ2) is 9.21. The minimum atomic E-state index is -5.70. The van der Waals surface area contributed by atoms with Gasteiger partial charge in [-0.3, -0.25) is 13.7 Å². The van der Waals surface area contributed by atoms with Crippen LogP contribution in [0.5, 0.6) is 0 Å². The molecule has 0 atom stereocenters. The smallest absolute Gasteiger partial charge is 0.282 e. The van der Waals surface area contributed by atoms with E-state index in [1.165, 1.54) is 6.07 Å². The van der Waals surface area contributed by atoms with Crippen molar-refractivity contribution in [2.24, 2.45) is 0 Å². The molecule has 0 unspecified atom stereocenters. The van der Waals surface area contributed by atoms with Crippen molar-refractivity contribution in [3.05, 3.63) is 95.1 Å². The minimum absolute atomic E-state index is 0.109. The lowest BCUT2D eigenvalue weighted by molar-refractivity contribution is 0.465. The van der Waals surface area contributed by atoms with E-state index in [1.54, 1.807) is 60.7 Å². The lowest BCUT2D eigenvalue weighted by Crippen LogP contribution is -2.37. The summed E-state index contributed by atoms with van der Waals surface area (Å²) in [6.45, 7) is 0. The third-order valence-electron chi connectivity index (χ3n) is 4.67. The molecule has 0 aliphatic rings. The average molecular weight is 514 g/mol. The maximum Gasteiger partial charge on any atom is 0.375 e. The molecule has 0 aliphatic carbocycles. The molecule has 0 heterocycles. The van der Waals surface area contributed by atoms with Crippen LogP contribution in [0, 0.1) is 0 Å². The van der Waals surface area contributed by atoms with Crippen LogP contribution in [0.1, 0.15) is 22.3 Å². The maximum absolute atomic E-state index is 12.4. The first-order valence-electron chi connectivity index (χ1n) is 9.24. The molecule has 33 heavy (non-hydrogen) atoms. The number of hydrogen-bond donors (Lipinski definition) is 3. The summed E-state index contributed by atoms with van der Waals surface area (Å²) in [5, 5.41) is 0. The Morgan fingerprint density at radius 3 is 1.48 bits per heavy atom. The highest BCUT2D eigenvalue weighted by Gasteiger charge is 2.37. The Labute approximate surface area is 191 Å². The minimum Gasteiger partial charge on any atom is -0.282 e. The van der Waals surface area contributed by atoms with Crippen molar-refractivity contribution in [1.82, 2.24) is 0 Å². The predicted molar refractivity (Wildman–Crippen MR) is 120 cm³/mol. The fraction of sp³-hybridized carbons (Fsp3) is 0.100. The predicted octanol–water partition coefficient (Wildman–Crippen LogP) is 2.53. The second-order valence-electron chi connectivity index (χ2n) is 7.00. The van der Waals surface area contributed by atoms with E-state index in [2.05, 4.69) is 0 Å². The van der Waals surface area contributed by atoms with Gasteiger partial charge in [-0.05, 0) is 41.2 Å². The van der Waals surface area contributed by atoms with Crippen LogP contribution in [0.4, 0.5) is 5.69 Å². The quantitative estimate of drug-likeness (QED) is 0.384. The molecule has 0 aliphatic heterocycles. The van der Waals surface area contributed by atoms with Gasteiger partial charge in [0.05, 0.1) is 5.69 Å². The first-order chi connectivity index (χ1) is 15.3. The molecule has 3 N–H and O–H groups in total. The third kappa shape index (κ3) is 5.96. The normalized spacial score (nSPS) is 12.5. The monoisotopic (exact) mass is 513 g/mol. The Morgan fingerprint density at radius 2 is 1.06 bits per heavy atom. The topological polar surface area (TPSA) is 166 Å². The molecular weight excluding hydrogens is 494 g/mol. The van der Waals surface area contributed by atoms with E-state index >= 15 is 0 Å². The van der Waals surface area contributed by atoms with Gasteiger partial charge in [0.2, 0.25) is 0 Å². The first kappa shape index (κ1) is 24.8. The van der Waals surface area contributed by atoms with Crippen LogP contribution in [0.2, 0.25) is 0 Å². The van der Waals surface area contributed by atoms with Gasteiger partial charge in [0.1, 0.15) is 4.90 Å². The standard InChI is InChI=1S/C20H19NO9S3/c22-31(23,24)20-18(14-16-9-5-2-6-10-16)17(13-15-7-3-1-4-8-15)11-12-19(20)21(32(25,26)27)33(28,29)30/h1-12H,13-14H2,(H,22,23,24)(H,25,26,27)(H,28,29,30). The van der Waals surface area contributed by atoms with Crippen molar-refractivity contribution in [2.45, 2.75) is 17.7 Å². The molecule has 13 heteroatoms. The van der Waals surface area contributed by atoms with E-state index in [9.17, 15) is 38.9 Å². The lowest BCUT2D eigenvalue weighted by Gasteiger charge is -2.23. The number of nitrogens with zero attached hydrogens (tertiary/aromatic N) is 1. The fourth-order valence-corrected chi connectivity index (χ4v) is 6.24. The van der Waals surface area contributed by atoms with Crippen LogP contribution >= 0.6 is 0 Å². The summed E-state index contributed by atoms with van der Waals surface area (Å²) in [6, 6.07) is 19.2. The van der Waals surface area contributed by atoms with Crippen molar-refractivity contribution >= 4 is 36.4 Å². The van der Waals surface area contributed by atoms with Crippen molar-refractivity contribution < 1.29 is 38.9 Å². The van der Waals surface area contributed by atoms with Crippen LogP contribution < -0.4 is 3.71 Å². The summed E-state index contributed by atoms with van der Waals surface area (Å²) in [5.74, 6) is 0. The van der Waals surface area contributed by atoms with Crippen molar-refractivity contribution in [1.29, 1.82) is 0 Å². The van der Waals surface area contributed by atoms with Gasteiger partial charge in [0, 0.05) is 0 Å². The molecular formula is C20H19NO9S3. The molecule has 0 fully saturated rings. The summed E-state index contributed by atoms with van der Waals surface area (Å²) in [4.78, 5) is -1.07. The van der Waals surface area contributed by atoms with Crippen LogP contribution in [0.15, 0.2) is 77.7 Å². The molecule has 0 spiro atoms. The Hall–Kier alpha value is -2.81. The zero-order chi connectivity index (χ0) is 24.4. The highest BCUT2D eigenvalue weighted by atomic mass is 32.3. The van der Waals surface area contributed by atoms with Gasteiger partial charge in [-0.1, -0.05) is 66.7 Å². The Kier molecular flexibility index (Phi) is 6.93. The molecule has 0 aromatic heterocycles. The molecule has 0 bridgehead atoms. The molecule has 0 saturated heterocycles. The number of benzene rings is 3. The van der Waals surface area contributed by atoms with Crippen LogP contribution in [0.3, 0.4) is 0 Å². The SMILES string of the molecule is O=S(=O)(O)c1c(N(S(=O)(=O)O)S(=O)(=O)O)ccc(Cc2ccccc2)c1Cc1ccccc1. The van der Waals surface area contributed by atoms with E-state index in [0.717, 1.165) is 11.6 Å². The summed E-state index contributed by atoms with van der Waals surface area (Å²) in [7, 11) is -16.7. The molecule has 0 saturated carbocycles. The molecule has 176 valence electrons. The van der Waals surface area contributed by atoms with Gasteiger partial charge in [-0.2, -0.15) is 25.3 Å². The van der Waals surface area contributed by atoms with E-state index in [-0.39, 0.29) is 18.4 Å². The maximum atomic E-state index is 12.4. The molecule has 0 amide bonds. The van der Waals surface area contributed by atoms with Crippen molar-refractivity contribution in [3.63, 3.8) is 0 Å². The summed E-state index contributed by atoms with van der Waals surface area (Å²) in [5.41, 5.74) is 0.404. The van der Waals surface area contributed by atoms with E-state index in [1.807, 2.05) is 0 Å². The van der Waals surface area contributed by atoms with E-state index in [0.29, 0.717) is 11.1 Å². The Balaban J connectivity index is 2.38. The lowest BCUT2D eigenvalue weighted by atomic mass is 9.94. The number of rotatable bonds is 8. The van der Waals surface area contributed by atoms with E-state index < -0.39 is 45.0 Å². The van der Waals surface area contributed by atoms with Crippen LogP contribution in [-0.4, -0.2) is 38.9 Å². The molecule has 3 rings (SSSR count). The molecule has 3 aromatic carbocycles. The average Bonchev–Trinajstić information content (AvgIpc) is 2.68. The van der Waals surface area contributed by atoms with Crippen LogP contribution in [0.25, 0.3) is 0 Å². The van der Waals surface area contributed by atoms with Gasteiger partial charge in [0.25, 0.3) is 10.1 Å². The van der Waals surface area contributed by atoms with Crippen molar-refractivity contribution in [2.75, 3.05) is 3.71 Å². The zero-order valence-corrected chi connectivity index (χ0v) is 19.3. The third-order valence-corrected chi connectivity index (χ3v) is 8.00. The van der Waals surface area contributed by atoms with Gasteiger partial charge >= 0.3 is 20.6 Å². The summed E-state index contributed by atoms with van der Waals surface area (Å²) in [6.07, 6.45) is 0.0142. The molecule has 3 aromatic rings. The number of hydrogen-bond acceptors (Lipinski definition) is 6. The fourth-order valence-electron chi connectivity index (χ4n) is 3.43. The zero-order valence-electron chi connectivity index (χ0n) is 16.8. The first-order valence-corrected chi connectivity index (χ1v) is 13.5. The number of anilines is 1. The molecule has 10 nitrogen and oxygen atoms in total. The van der Waals surface area contributed by atoms with Gasteiger partial charge < -0.3 is 0 Å². The van der Waals surface area contributed by atoms with Crippen LogP contribution in [-0.2, 0) is 43.6 Å². The van der Waals surface area contributed by atoms with Gasteiger partial charge in [-0.15, -0.1) is 3.71 Å². The van der Waals surface area contributed by atoms with Crippen molar-refractivity contribution in [3.8, 4) is 0 Å². The highest BCUT2D eigenvalue weighted by molar-refractivity contribution is 8.05. The summed E-state index contributed by atoms with van der Waals surface area (Å²) >= 11 is 0. The van der Waals surface area contributed by atoms with Gasteiger partial charge in [0.15, 0.2) is 0 Å². The summed E-state index contributed by atoms with van der Waals surface area (Å²) < 4.78 is 99.9. The molecule has 0 radical (unpaired) electrons. The van der Waals surface area contributed by atoms with Gasteiger partial charge in [-0.25, -0.2) is 0 Å². The Morgan fingerprint density at radius 1 is 0.606 bits per heavy atom. The van der Waals surface area contributed by atoms with E-state index in [4.69, 9.17) is 0 Å². The highest BCUT2D eigenvalue weighted by Crippen LogP contribution is 2.36. The largest absolute Gasteiger partial charge is 0.375 e. The Bertz CT molecular complexity index is 1440. The second-order valence-corrected chi connectivity index (χ2v) is 11.1.